The Labute approximate surface area is 136 Å². The molecule has 1 N–H and O–H groups in total. The van der Waals surface area contributed by atoms with Gasteiger partial charge in [-0.3, -0.25) is 5.10 Å². The van der Waals surface area contributed by atoms with Gasteiger partial charge in [0.2, 0.25) is 11.7 Å². The lowest BCUT2D eigenvalue weighted by Crippen LogP contribution is -1.91. The van der Waals surface area contributed by atoms with Gasteiger partial charge in [-0.25, -0.2) is 4.98 Å². The normalized spacial score (nSPS) is 12.5. The largest absolute Gasteiger partial charge is 0.338 e. The number of aromatic amines is 1. The molecule has 0 fully saturated rings. The van der Waals surface area contributed by atoms with E-state index in [0.29, 0.717) is 17.5 Å². The third-order valence-electron chi connectivity index (χ3n) is 3.08. The second-order valence-corrected chi connectivity index (χ2v) is 6.80. The van der Waals surface area contributed by atoms with Crippen molar-refractivity contribution in [3.8, 4) is 11.6 Å². The van der Waals surface area contributed by atoms with Gasteiger partial charge in [0.05, 0.1) is 5.25 Å². The molecule has 1 atom stereocenters. The van der Waals surface area contributed by atoms with E-state index in [1.165, 1.54) is 16.8 Å². The molecule has 2 aromatic heterocycles. The van der Waals surface area contributed by atoms with Crippen LogP contribution in [0.4, 0.5) is 0 Å². The molecule has 0 aliphatic rings. The zero-order chi connectivity index (χ0) is 15.4. The summed E-state index contributed by atoms with van der Waals surface area (Å²) in [7, 11) is 0. The summed E-state index contributed by atoms with van der Waals surface area (Å²) in [5.41, 5.74) is 1.28. The number of nitrogens with zero attached hydrogens (tertiary/aromatic N) is 4. The fraction of sp³-hybridized carbons (Fsp3) is 0.286. The van der Waals surface area contributed by atoms with E-state index in [1.807, 2.05) is 0 Å². The lowest BCUT2D eigenvalue weighted by molar-refractivity contribution is 0.380. The van der Waals surface area contributed by atoms with Crippen LogP contribution in [0.3, 0.4) is 0 Å². The van der Waals surface area contributed by atoms with Crippen molar-refractivity contribution in [3.05, 3.63) is 42.0 Å². The summed E-state index contributed by atoms with van der Waals surface area (Å²) < 4.78 is 5.30. The Morgan fingerprint density at radius 3 is 2.77 bits per heavy atom. The second kappa shape index (κ2) is 6.97. The average Bonchev–Trinajstić information content (AvgIpc) is 3.23. The number of thioether (sulfide) groups is 2. The Kier molecular flexibility index (Phi) is 4.79. The second-order valence-electron chi connectivity index (χ2n) is 4.59. The van der Waals surface area contributed by atoms with Crippen LogP contribution in [0.2, 0.25) is 0 Å². The fourth-order valence-corrected chi connectivity index (χ4v) is 3.11. The van der Waals surface area contributed by atoms with Gasteiger partial charge in [-0.05, 0) is 30.9 Å². The van der Waals surface area contributed by atoms with Crippen LogP contribution in [0, 0.1) is 0 Å². The predicted molar refractivity (Wildman–Crippen MR) is 87.6 cm³/mol. The number of rotatable bonds is 6. The molecule has 114 valence electrons. The number of aromatic nitrogens is 5. The zero-order valence-corrected chi connectivity index (χ0v) is 13.8. The molecule has 0 aliphatic heterocycles. The van der Waals surface area contributed by atoms with Crippen LogP contribution >= 0.6 is 23.5 Å². The lowest BCUT2D eigenvalue weighted by atomic mass is 10.2. The Morgan fingerprint density at radius 2 is 2.09 bits per heavy atom. The van der Waals surface area contributed by atoms with Gasteiger partial charge in [0.1, 0.15) is 6.33 Å². The van der Waals surface area contributed by atoms with Crippen LogP contribution in [0.25, 0.3) is 11.6 Å². The van der Waals surface area contributed by atoms with Gasteiger partial charge < -0.3 is 4.52 Å². The van der Waals surface area contributed by atoms with E-state index in [1.54, 1.807) is 23.5 Å². The summed E-state index contributed by atoms with van der Waals surface area (Å²) in [4.78, 5) is 9.64. The van der Waals surface area contributed by atoms with Crippen LogP contribution in [0.15, 0.2) is 40.0 Å². The Balaban J connectivity index is 1.60. The van der Waals surface area contributed by atoms with Crippen molar-refractivity contribution in [1.29, 1.82) is 0 Å². The number of hydrogen-bond donors (Lipinski definition) is 1. The zero-order valence-electron chi connectivity index (χ0n) is 12.2. The molecule has 0 amide bonds. The highest BCUT2D eigenvalue weighted by atomic mass is 32.2. The minimum atomic E-state index is 0.115. The molecule has 0 aliphatic carbocycles. The quantitative estimate of drug-likeness (QED) is 0.691. The Bertz CT molecular complexity index is 711. The van der Waals surface area contributed by atoms with Crippen molar-refractivity contribution in [2.75, 3.05) is 6.26 Å². The van der Waals surface area contributed by atoms with E-state index in [0.717, 1.165) is 5.75 Å². The van der Waals surface area contributed by atoms with Gasteiger partial charge in [-0.2, -0.15) is 10.1 Å². The molecule has 0 bridgehead atoms. The smallest absolute Gasteiger partial charge is 0.239 e. The summed E-state index contributed by atoms with van der Waals surface area (Å²) in [6.45, 7) is 2.05. The predicted octanol–water partition coefficient (Wildman–Crippen LogP) is 3.57. The maximum Gasteiger partial charge on any atom is 0.239 e. The molecule has 3 rings (SSSR count). The van der Waals surface area contributed by atoms with Crippen molar-refractivity contribution < 1.29 is 4.52 Å². The minimum Gasteiger partial charge on any atom is -0.338 e. The molecule has 6 nitrogen and oxygen atoms in total. The maximum atomic E-state index is 5.30. The van der Waals surface area contributed by atoms with Gasteiger partial charge >= 0.3 is 0 Å². The van der Waals surface area contributed by atoms with Crippen LogP contribution in [0.5, 0.6) is 0 Å². The van der Waals surface area contributed by atoms with Crippen molar-refractivity contribution in [2.24, 2.45) is 0 Å². The van der Waals surface area contributed by atoms with Crippen molar-refractivity contribution in [2.45, 2.75) is 22.8 Å². The van der Waals surface area contributed by atoms with E-state index in [9.17, 15) is 0 Å². The Morgan fingerprint density at radius 1 is 1.27 bits per heavy atom. The van der Waals surface area contributed by atoms with Crippen LogP contribution < -0.4 is 0 Å². The summed E-state index contributed by atoms with van der Waals surface area (Å²) in [6.07, 6.45) is 3.50. The first-order valence-electron chi connectivity index (χ1n) is 6.70. The standard InChI is InChI=1S/C14H15N5OS2/c1-9(22-7-10-3-5-11(21-2)6-4-10)14-17-13(19-20-14)12-15-8-16-18-12/h3-6,8-9H,7H2,1-2H3,(H,15,16,18)/t9-/m0/s1. The third kappa shape index (κ3) is 3.50. The molecule has 0 unspecified atom stereocenters. The molecular weight excluding hydrogens is 318 g/mol. The maximum absolute atomic E-state index is 5.30. The van der Waals surface area contributed by atoms with Crippen LogP contribution in [-0.2, 0) is 5.75 Å². The van der Waals surface area contributed by atoms with E-state index in [-0.39, 0.29) is 5.25 Å². The highest BCUT2D eigenvalue weighted by molar-refractivity contribution is 7.98. The highest BCUT2D eigenvalue weighted by Crippen LogP contribution is 2.31. The van der Waals surface area contributed by atoms with E-state index < -0.39 is 0 Å². The number of nitrogens with one attached hydrogen (secondary N) is 1. The fourth-order valence-electron chi connectivity index (χ4n) is 1.82. The van der Waals surface area contributed by atoms with E-state index in [4.69, 9.17) is 4.52 Å². The molecule has 0 saturated heterocycles. The van der Waals surface area contributed by atoms with Gasteiger partial charge in [0, 0.05) is 10.6 Å². The van der Waals surface area contributed by atoms with Crippen molar-refractivity contribution in [3.63, 3.8) is 0 Å². The molecular formula is C14H15N5OS2. The average molecular weight is 333 g/mol. The molecule has 22 heavy (non-hydrogen) atoms. The summed E-state index contributed by atoms with van der Waals surface area (Å²) >= 11 is 3.50. The Hall–Kier alpha value is -1.80. The molecule has 2 heterocycles. The first-order chi connectivity index (χ1) is 10.8. The number of hydrogen-bond acceptors (Lipinski definition) is 7. The molecule has 1 aromatic carbocycles. The van der Waals surface area contributed by atoms with Gasteiger partial charge in [0.25, 0.3) is 0 Å². The van der Waals surface area contributed by atoms with Gasteiger partial charge in [-0.1, -0.05) is 17.3 Å². The SMILES string of the molecule is CSc1ccc(CS[C@@H](C)c2nc(-c3ncn[nH]3)no2)cc1. The summed E-state index contributed by atoms with van der Waals surface area (Å²) in [5.74, 6) is 2.44. The monoisotopic (exact) mass is 333 g/mol. The van der Waals surface area contributed by atoms with Crippen LogP contribution in [0.1, 0.15) is 23.6 Å². The third-order valence-corrected chi connectivity index (χ3v) is 5.02. The molecule has 0 radical (unpaired) electrons. The molecule has 3 aromatic rings. The highest BCUT2D eigenvalue weighted by Gasteiger charge is 2.17. The minimum absolute atomic E-state index is 0.115. The van der Waals surface area contributed by atoms with E-state index in [2.05, 4.69) is 62.8 Å². The molecule has 0 spiro atoms. The summed E-state index contributed by atoms with van der Waals surface area (Å²) in [5, 5.41) is 10.5. The lowest BCUT2D eigenvalue weighted by Gasteiger charge is -2.06. The number of benzene rings is 1. The topological polar surface area (TPSA) is 80.5 Å². The van der Waals surface area contributed by atoms with Crippen molar-refractivity contribution in [1.82, 2.24) is 25.3 Å². The van der Waals surface area contributed by atoms with Gasteiger partial charge in [-0.15, -0.1) is 23.5 Å². The first kappa shape index (κ1) is 15.1. The molecule has 0 saturated carbocycles. The number of H-pyrrole nitrogens is 1. The first-order valence-corrected chi connectivity index (χ1v) is 8.97. The van der Waals surface area contributed by atoms with E-state index >= 15 is 0 Å². The van der Waals surface area contributed by atoms with Gasteiger partial charge in [0.15, 0.2) is 5.82 Å². The molecule has 8 heteroatoms. The van der Waals surface area contributed by atoms with Crippen molar-refractivity contribution >= 4 is 23.5 Å². The van der Waals surface area contributed by atoms with Crippen LogP contribution in [-0.4, -0.2) is 31.6 Å². The summed E-state index contributed by atoms with van der Waals surface area (Å²) in [6, 6.07) is 8.58.